The van der Waals surface area contributed by atoms with Crippen molar-refractivity contribution in [3.05, 3.63) is 53.0 Å². The van der Waals surface area contributed by atoms with Crippen LogP contribution in [-0.4, -0.2) is 15.0 Å². The zero-order valence-electron chi connectivity index (χ0n) is 9.55. The van der Waals surface area contributed by atoms with E-state index < -0.39 is 0 Å². The molecule has 0 fully saturated rings. The summed E-state index contributed by atoms with van der Waals surface area (Å²) in [7, 11) is 0. The van der Waals surface area contributed by atoms with Gasteiger partial charge in [0.15, 0.2) is 0 Å². The zero-order valence-corrected chi connectivity index (χ0v) is 11.1. The number of hydrogen-bond acceptors (Lipinski definition) is 4. The first kappa shape index (κ1) is 12.1. The van der Waals surface area contributed by atoms with E-state index in [-0.39, 0.29) is 11.2 Å². The SMILES string of the molecule is Clc1ncc(Cl)c(Oc2ccc3cccnc3c2)n1. The first-order valence-corrected chi connectivity index (χ1v) is 6.19. The number of rotatable bonds is 2. The molecule has 0 saturated carbocycles. The van der Waals surface area contributed by atoms with Crippen molar-refractivity contribution in [1.82, 2.24) is 15.0 Å². The van der Waals surface area contributed by atoms with Crippen LogP contribution in [0.3, 0.4) is 0 Å². The Hall–Kier alpha value is -1.91. The second-order valence-electron chi connectivity index (χ2n) is 3.75. The third kappa shape index (κ3) is 2.59. The van der Waals surface area contributed by atoms with Crippen LogP contribution in [-0.2, 0) is 0 Å². The maximum absolute atomic E-state index is 5.94. The minimum Gasteiger partial charge on any atom is -0.437 e. The molecular weight excluding hydrogens is 285 g/mol. The second-order valence-corrected chi connectivity index (χ2v) is 4.50. The average molecular weight is 292 g/mol. The average Bonchev–Trinajstić information content (AvgIpc) is 2.43. The highest BCUT2D eigenvalue weighted by atomic mass is 35.5. The van der Waals surface area contributed by atoms with Crippen LogP contribution in [0.5, 0.6) is 11.6 Å². The summed E-state index contributed by atoms with van der Waals surface area (Å²) in [5.41, 5.74) is 0.830. The molecule has 0 amide bonds. The van der Waals surface area contributed by atoms with Crippen LogP contribution in [0.1, 0.15) is 0 Å². The lowest BCUT2D eigenvalue weighted by Crippen LogP contribution is -1.91. The van der Waals surface area contributed by atoms with Gasteiger partial charge in [-0.1, -0.05) is 17.7 Å². The molecule has 0 unspecified atom stereocenters. The Morgan fingerprint density at radius 3 is 2.84 bits per heavy atom. The van der Waals surface area contributed by atoms with Gasteiger partial charge in [0.2, 0.25) is 11.2 Å². The topological polar surface area (TPSA) is 47.9 Å². The van der Waals surface area contributed by atoms with Crippen molar-refractivity contribution < 1.29 is 4.74 Å². The highest BCUT2D eigenvalue weighted by Gasteiger charge is 2.07. The van der Waals surface area contributed by atoms with E-state index in [0.717, 1.165) is 10.9 Å². The van der Waals surface area contributed by atoms with Gasteiger partial charge in [-0.25, -0.2) is 4.98 Å². The summed E-state index contributed by atoms with van der Waals surface area (Å²) in [5, 5.41) is 1.41. The van der Waals surface area contributed by atoms with Crippen molar-refractivity contribution in [3.63, 3.8) is 0 Å². The van der Waals surface area contributed by atoms with Crippen LogP contribution in [0.4, 0.5) is 0 Å². The third-order valence-electron chi connectivity index (χ3n) is 2.47. The molecule has 3 rings (SSSR count). The van der Waals surface area contributed by atoms with E-state index in [2.05, 4.69) is 15.0 Å². The van der Waals surface area contributed by atoms with Crippen molar-refractivity contribution in [2.45, 2.75) is 0 Å². The van der Waals surface area contributed by atoms with Gasteiger partial charge in [0.25, 0.3) is 0 Å². The van der Waals surface area contributed by atoms with E-state index in [1.807, 2.05) is 30.3 Å². The number of nitrogens with zero attached hydrogens (tertiary/aromatic N) is 3. The van der Waals surface area contributed by atoms with Crippen molar-refractivity contribution in [1.29, 1.82) is 0 Å². The smallest absolute Gasteiger partial charge is 0.242 e. The van der Waals surface area contributed by atoms with E-state index in [9.17, 15) is 0 Å². The Bertz CT molecular complexity index is 749. The quantitative estimate of drug-likeness (QED) is 0.666. The van der Waals surface area contributed by atoms with Crippen molar-refractivity contribution in [2.75, 3.05) is 0 Å². The van der Waals surface area contributed by atoms with Gasteiger partial charge in [-0.2, -0.15) is 4.98 Å². The van der Waals surface area contributed by atoms with Gasteiger partial charge in [-0.3, -0.25) is 4.98 Å². The molecule has 0 aliphatic heterocycles. The van der Waals surface area contributed by atoms with E-state index in [0.29, 0.717) is 10.8 Å². The number of aromatic nitrogens is 3. The Kier molecular flexibility index (Phi) is 3.19. The summed E-state index contributed by atoms with van der Waals surface area (Å²) >= 11 is 11.6. The number of halogens is 2. The largest absolute Gasteiger partial charge is 0.437 e. The van der Waals surface area contributed by atoms with E-state index >= 15 is 0 Å². The molecule has 0 bridgehead atoms. The highest BCUT2D eigenvalue weighted by molar-refractivity contribution is 6.32. The van der Waals surface area contributed by atoms with Crippen molar-refractivity contribution in [2.24, 2.45) is 0 Å². The Balaban J connectivity index is 1.98. The van der Waals surface area contributed by atoms with Crippen LogP contribution in [0.15, 0.2) is 42.7 Å². The standard InChI is InChI=1S/C13H7Cl2N3O/c14-10-7-17-13(15)18-12(10)19-9-4-3-8-2-1-5-16-11(8)6-9/h1-7H. The second kappa shape index (κ2) is 4.99. The van der Waals surface area contributed by atoms with Crippen LogP contribution >= 0.6 is 23.2 Å². The molecule has 0 radical (unpaired) electrons. The summed E-state index contributed by atoms with van der Waals surface area (Å²) in [6.07, 6.45) is 3.12. The molecule has 94 valence electrons. The third-order valence-corrected chi connectivity index (χ3v) is 2.92. The maximum Gasteiger partial charge on any atom is 0.242 e. The lowest BCUT2D eigenvalue weighted by Gasteiger charge is -2.06. The predicted octanol–water partition coefficient (Wildman–Crippen LogP) is 4.12. The molecule has 4 nitrogen and oxygen atoms in total. The fourth-order valence-electron chi connectivity index (χ4n) is 1.62. The molecule has 1 aromatic carbocycles. The summed E-state index contributed by atoms with van der Waals surface area (Å²) in [5.74, 6) is 0.805. The number of benzene rings is 1. The fraction of sp³-hybridized carbons (Fsp3) is 0. The van der Waals surface area contributed by atoms with Crippen LogP contribution in [0.25, 0.3) is 10.9 Å². The highest BCUT2D eigenvalue weighted by Crippen LogP contribution is 2.28. The van der Waals surface area contributed by atoms with E-state index in [1.165, 1.54) is 6.20 Å². The van der Waals surface area contributed by atoms with Crippen LogP contribution in [0, 0.1) is 0 Å². The molecule has 2 aromatic heterocycles. The van der Waals surface area contributed by atoms with Gasteiger partial charge < -0.3 is 4.74 Å². The van der Waals surface area contributed by atoms with E-state index in [4.69, 9.17) is 27.9 Å². The summed E-state index contributed by atoms with van der Waals surface area (Å²) in [6, 6.07) is 9.39. The minimum atomic E-state index is 0.0818. The minimum absolute atomic E-state index is 0.0818. The van der Waals surface area contributed by atoms with Crippen LogP contribution < -0.4 is 4.74 Å². The normalized spacial score (nSPS) is 10.6. The van der Waals surface area contributed by atoms with Gasteiger partial charge in [-0.15, -0.1) is 0 Å². The van der Waals surface area contributed by atoms with Gasteiger partial charge in [0.05, 0.1) is 11.7 Å². The monoisotopic (exact) mass is 291 g/mol. The van der Waals surface area contributed by atoms with Gasteiger partial charge in [0.1, 0.15) is 10.8 Å². The first-order chi connectivity index (χ1) is 9.22. The van der Waals surface area contributed by atoms with Crippen molar-refractivity contribution in [3.8, 4) is 11.6 Å². The Morgan fingerprint density at radius 2 is 1.95 bits per heavy atom. The van der Waals surface area contributed by atoms with Gasteiger partial charge in [-0.05, 0) is 29.8 Å². The molecule has 0 N–H and O–H groups in total. The molecule has 0 atom stereocenters. The van der Waals surface area contributed by atoms with Crippen LogP contribution in [0.2, 0.25) is 10.3 Å². The number of hydrogen-bond donors (Lipinski definition) is 0. The molecule has 0 aliphatic carbocycles. The molecule has 0 aliphatic rings. The summed E-state index contributed by atoms with van der Waals surface area (Å²) in [6.45, 7) is 0. The molecule has 19 heavy (non-hydrogen) atoms. The van der Waals surface area contributed by atoms with Gasteiger partial charge >= 0.3 is 0 Å². The molecule has 2 heterocycles. The molecular formula is C13H7Cl2N3O. The fourth-order valence-corrected chi connectivity index (χ4v) is 1.88. The Labute approximate surface area is 119 Å². The number of pyridine rings is 1. The molecule has 3 aromatic rings. The summed E-state index contributed by atoms with van der Waals surface area (Å²) in [4.78, 5) is 11.9. The first-order valence-electron chi connectivity index (χ1n) is 5.43. The molecule has 0 spiro atoms. The lowest BCUT2D eigenvalue weighted by molar-refractivity contribution is 0.462. The lowest BCUT2D eigenvalue weighted by atomic mass is 10.2. The number of ether oxygens (including phenoxy) is 1. The van der Waals surface area contributed by atoms with Gasteiger partial charge in [0, 0.05) is 17.6 Å². The predicted molar refractivity (Wildman–Crippen MR) is 73.9 cm³/mol. The Morgan fingerprint density at radius 1 is 1.05 bits per heavy atom. The van der Waals surface area contributed by atoms with E-state index in [1.54, 1.807) is 6.20 Å². The zero-order chi connectivity index (χ0) is 13.2. The molecule has 0 saturated heterocycles. The van der Waals surface area contributed by atoms with Crippen molar-refractivity contribution >= 4 is 34.1 Å². The summed E-state index contributed by atoms with van der Waals surface area (Å²) < 4.78 is 5.59. The maximum atomic E-state index is 5.94. The molecule has 6 heteroatoms. The number of fused-ring (bicyclic) bond motifs is 1.